The standard InChI is InChI=1S/C15H15N3O6/c1-2-9-11(14(19)20)10(12(15(21)22)13(16)17-9)7-4-3-5-8(6-7)18(23)24/h3-6,10,17H,2,16H2,1H3,(H,19,20)(H,21,22). The van der Waals surface area contributed by atoms with Crippen LogP contribution in [-0.2, 0) is 9.59 Å². The van der Waals surface area contributed by atoms with Crippen LogP contribution in [0, 0.1) is 10.1 Å². The van der Waals surface area contributed by atoms with Crippen molar-refractivity contribution in [3.63, 3.8) is 0 Å². The van der Waals surface area contributed by atoms with Crippen molar-refractivity contribution in [1.29, 1.82) is 0 Å². The number of aliphatic carboxylic acids is 2. The number of rotatable bonds is 5. The third-order valence-electron chi connectivity index (χ3n) is 3.71. The molecule has 0 aliphatic carbocycles. The van der Waals surface area contributed by atoms with Crippen molar-refractivity contribution in [1.82, 2.24) is 5.32 Å². The first kappa shape index (κ1) is 17.0. The van der Waals surface area contributed by atoms with Gasteiger partial charge in [0, 0.05) is 17.8 Å². The van der Waals surface area contributed by atoms with Gasteiger partial charge in [-0.1, -0.05) is 19.1 Å². The number of hydrogen-bond donors (Lipinski definition) is 4. The van der Waals surface area contributed by atoms with Crippen LogP contribution in [0.5, 0.6) is 0 Å². The molecule has 1 aromatic rings. The van der Waals surface area contributed by atoms with Gasteiger partial charge in [0.05, 0.1) is 22.0 Å². The summed E-state index contributed by atoms with van der Waals surface area (Å²) >= 11 is 0. The van der Waals surface area contributed by atoms with Crippen molar-refractivity contribution in [2.24, 2.45) is 5.73 Å². The van der Waals surface area contributed by atoms with Crippen LogP contribution in [-0.4, -0.2) is 27.1 Å². The van der Waals surface area contributed by atoms with E-state index in [0.717, 1.165) is 6.07 Å². The number of benzene rings is 1. The molecule has 5 N–H and O–H groups in total. The van der Waals surface area contributed by atoms with E-state index in [-0.39, 0.29) is 40.3 Å². The number of allylic oxidation sites excluding steroid dienone is 1. The Balaban J connectivity index is 2.75. The first-order valence-electron chi connectivity index (χ1n) is 6.98. The minimum absolute atomic E-state index is 0.175. The summed E-state index contributed by atoms with van der Waals surface area (Å²) in [6, 6.07) is 5.21. The smallest absolute Gasteiger partial charge is 0.336 e. The molecule has 1 atom stereocenters. The van der Waals surface area contributed by atoms with Gasteiger partial charge >= 0.3 is 11.9 Å². The molecule has 1 heterocycles. The predicted octanol–water partition coefficient (Wildman–Crippen LogP) is 1.29. The zero-order chi connectivity index (χ0) is 18.0. The lowest BCUT2D eigenvalue weighted by Crippen LogP contribution is -2.35. The molecule has 1 aliphatic heterocycles. The molecule has 1 unspecified atom stereocenters. The third kappa shape index (κ3) is 2.91. The monoisotopic (exact) mass is 333 g/mol. The molecule has 9 heteroatoms. The molecule has 0 spiro atoms. The highest BCUT2D eigenvalue weighted by Gasteiger charge is 2.38. The second-order valence-electron chi connectivity index (χ2n) is 5.09. The molecule has 0 radical (unpaired) electrons. The van der Waals surface area contributed by atoms with Crippen LogP contribution in [0.2, 0.25) is 0 Å². The number of nitrogens with two attached hydrogens (primary N) is 1. The molecule has 9 nitrogen and oxygen atoms in total. The van der Waals surface area contributed by atoms with Crippen LogP contribution < -0.4 is 11.1 Å². The van der Waals surface area contributed by atoms with E-state index in [4.69, 9.17) is 5.73 Å². The molecular weight excluding hydrogens is 318 g/mol. The van der Waals surface area contributed by atoms with E-state index >= 15 is 0 Å². The van der Waals surface area contributed by atoms with Crippen molar-refractivity contribution >= 4 is 17.6 Å². The summed E-state index contributed by atoms with van der Waals surface area (Å²) in [6.07, 6.45) is 0.278. The number of non-ortho nitro benzene ring substituents is 1. The Morgan fingerprint density at radius 3 is 2.42 bits per heavy atom. The van der Waals surface area contributed by atoms with Gasteiger partial charge in [-0.3, -0.25) is 10.1 Å². The van der Waals surface area contributed by atoms with E-state index in [1.165, 1.54) is 18.2 Å². The average Bonchev–Trinajstić information content (AvgIpc) is 2.52. The molecule has 1 aliphatic rings. The highest BCUT2D eigenvalue weighted by Crippen LogP contribution is 2.38. The number of nitro benzene ring substituents is 1. The maximum atomic E-state index is 11.7. The van der Waals surface area contributed by atoms with Crippen molar-refractivity contribution in [2.75, 3.05) is 0 Å². The first-order chi connectivity index (χ1) is 11.3. The van der Waals surface area contributed by atoms with E-state index in [0.29, 0.717) is 0 Å². The molecule has 0 saturated heterocycles. The first-order valence-corrected chi connectivity index (χ1v) is 6.98. The third-order valence-corrected chi connectivity index (χ3v) is 3.71. The number of hydrogen-bond acceptors (Lipinski definition) is 6. The summed E-state index contributed by atoms with van der Waals surface area (Å²) in [5.41, 5.74) is 5.39. The van der Waals surface area contributed by atoms with Gasteiger partial charge in [-0.15, -0.1) is 0 Å². The molecule has 126 valence electrons. The molecule has 1 aromatic carbocycles. The topological polar surface area (TPSA) is 156 Å². The number of nitrogens with one attached hydrogen (secondary N) is 1. The maximum absolute atomic E-state index is 11.7. The summed E-state index contributed by atoms with van der Waals surface area (Å²) in [4.78, 5) is 33.6. The predicted molar refractivity (Wildman–Crippen MR) is 82.8 cm³/mol. The van der Waals surface area contributed by atoms with Gasteiger partial charge in [-0.2, -0.15) is 0 Å². The molecule has 0 fully saturated rings. The van der Waals surface area contributed by atoms with Crippen molar-refractivity contribution in [3.05, 3.63) is 62.6 Å². The van der Waals surface area contributed by atoms with Gasteiger partial charge in [0.25, 0.3) is 5.69 Å². The Bertz CT molecular complexity index is 796. The molecule has 0 saturated carbocycles. The van der Waals surface area contributed by atoms with Crippen molar-refractivity contribution in [2.45, 2.75) is 19.3 Å². The van der Waals surface area contributed by atoms with Crippen LogP contribution in [0.25, 0.3) is 0 Å². The summed E-state index contributed by atoms with van der Waals surface area (Å²) < 4.78 is 0. The Hall–Kier alpha value is -3.36. The van der Waals surface area contributed by atoms with E-state index < -0.39 is 22.8 Å². The fraction of sp³-hybridized carbons (Fsp3) is 0.200. The number of dihydropyridines is 1. The molecular formula is C15H15N3O6. The van der Waals surface area contributed by atoms with Gasteiger partial charge in [-0.05, 0) is 12.0 Å². The van der Waals surface area contributed by atoms with E-state index in [2.05, 4.69) is 5.32 Å². The molecule has 0 amide bonds. The second-order valence-corrected chi connectivity index (χ2v) is 5.09. The maximum Gasteiger partial charge on any atom is 0.336 e. The SMILES string of the molecule is CCC1=C(C(=O)O)C(c2cccc([N+](=O)[O-])c2)C(C(=O)O)=C(N)N1. The minimum Gasteiger partial charge on any atom is -0.478 e. The van der Waals surface area contributed by atoms with Gasteiger partial charge in [0.15, 0.2) is 0 Å². The second kappa shape index (κ2) is 6.41. The minimum atomic E-state index is -1.40. The summed E-state index contributed by atoms with van der Waals surface area (Å²) in [7, 11) is 0. The highest BCUT2D eigenvalue weighted by atomic mass is 16.6. The summed E-state index contributed by atoms with van der Waals surface area (Å²) in [5, 5.41) is 32.6. The van der Waals surface area contributed by atoms with Crippen LogP contribution in [0.3, 0.4) is 0 Å². The zero-order valence-electron chi connectivity index (χ0n) is 12.6. The number of nitro groups is 1. The zero-order valence-corrected chi connectivity index (χ0v) is 12.6. The van der Waals surface area contributed by atoms with E-state index in [1.807, 2.05) is 0 Å². The van der Waals surface area contributed by atoms with Crippen LogP contribution in [0.15, 0.2) is 46.9 Å². The normalized spacial score (nSPS) is 17.5. The van der Waals surface area contributed by atoms with Crippen LogP contribution >= 0.6 is 0 Å². The molecule has 0 bridgehead atoms. The van der Waals surface area contributed by atoms with Gasteiger partial charge in [0.1, 0.15) is 5.82 Å². The number of carboxylic acid groups (broad SMARTS) is 2. The lowest BCUT2D eigenvalue weighted by atomic mass is 9.80. The molecule has 0 aromatic heterocycles. The number of carboxylic acids is 2. The largest absolute Gasteiger partial charge is 0.478 e. The summed E-state index contributed by atoms with van der Waals surface area (Å²) in [6.45, 7) is 1.69. The Morgan fingerprint density at radius 2 is 1.92 bits per heavy atom. The highest BCUT2D eigenvalue weighted by molar-refractivity contribution is 5.98. The van der Waals surface area contributed by atoms with E-state index in [1.54, 1.807) is 6.92 Å². The Kier molecular flexibility index (Phi) is 4.54. The number of nitrogens with zero attached hydrogens (tertiary/aromatic N) is 1. The summed E-state index contributed by atoms with van der Waals surface area (Å²) in [5.74, 6) is -4.11. The quantitative estimate of drug-likeness (QED) is 0.464. The Labute approximate surface area is 136 Å². The fourth-order valence-corrected chi connectivity index (χ4v) is 2.69. The molecule has 2 rings (SSSR count). The van der Waals surface area contributed by atoms with E-state index in [9.17, 15) is 29.9 Å². The van der Waals surface area contributed by atoms with Gasteiger partial charge in [0.2, 0.25) is 0 Å². The van der Waals surface area contributed by atoms with Crippen LogP contribution in [0.4, 0.5) is 5.69 Å². The Morgan fingerprint density at radius 1 is 1.29 bits per heavy atom. The fourth-order valence-electron chi connectivity index (χ4n) is 2.69. The van der Waals surface area contributed by atoms with Gasteiger partial charge in [-0.25, -0.2) is 9.59 Å². The average molecular weight is 333 g/mol. The van der Waals surface area contributed by atoms with Crippen molar-refractivity contribution < 1.29 is 24.7 Å². The van der Waals surface area contributed by atoms with Crippen molar-refractivity contribution in [3.8, 4) is 0 Å². The van der Waals surface area contributed by atoms with Crippen LogP contribution in [0.1, 0.15) is 24.8 Å². The lowest BCUT2D eigenvalue weighted by Gasteiger charge is -2.29. The lowest BCUT2D eigenvalue weighted by molar-refractivity contribution is -0.384. The molecule has 24 heavy (non-hydrogen) atoms. The number of carbonyl (C=O) groups is 2. The van der Waals surface area contributed by atoms with Gasteiger partial charge < -0.3 is 21.3 Å².